The minimum Gasteiger partial charge on any atom is -0.321 e. The fourth-order valence-corrected chi connectivity index (χ4v) is 2.18. The Hall–Kier alpha value is -0.190. The van der Waals surface area contributed by atoms with Crippen LogP contribution in [-0.4, -0.2) is 11.8 Å². The first-order valence-corrected chi connectivity index (χ1v) is 4.88. The van der Waals surface area contributed by atoms with Crippen molar-refractivity contribution in [3.63, 3.8) is 0 Å². The summed E-state index contributed by atoms with van der Waals surface area (Å²) in [6.07, 6.45) is 0. The lowest BCUT2D eigenvalue weighted by Crippen LogP contribution is -2.26. The van der Waals surface area contributed by atoms with Crippen LogP contribution in [0.4, 0.5) is 0 Å². The van der Waals surface area contributed by atoms with Crippen molar-refractivity contribution in [2.24, 2.45) is 5.73 Å². The fourth-order valence-electron chi connectivity index (χ4n) is 0.703. The predicted octanol–water partition coefficient (Wildman–Crippen LogP) is 2.04. The molecule has 2 nitrogen and oxygen atoms in total. The summed E-state index contributed by atoms with van der Waals surface area (Å²) in [6.45, 7) is 1.69. The van der Waals surface area contributed by atoms with Gasteiger partial charge < -0.3 is 5.73 Å². The normalized spacial score (nSPS) is 13.0. The van der Waals surface area contributed by atoms with Gasteiger partial charge in [-0.25, -0.2) is 0 Å². The largest absolute Gasteiger partial charge is 0.321 e. The number of Topliss-reactive ketones (excluding diaryl/α,β-unsaturated/α-hetero) is 1. The minimum absolute atomic E-state index is 0.0156. The Morgan fingerprint density at radius 3 is 2.73 bits per heavy atom. The molecule has 1 unspecified atom stereocenters. The van der Waals surface area contributed by atoms with Crippen LogP contribution in [0.25, 0.3) is 0 Å². The van der Waals surface area contributed by atoms with Gasteiger partial charge in [0.05, 0.1) is 6.04 Å². The summed E-state index contributed by atoms with van der Waals surface area (Å²) < 4.78 is 0.838. The molecular weight excluding hydrogens is 226 g/mol. The monoisotopic (exact) mass is 233 g/mol. The van der Waals surface area contributed by atoms with Gasteiger partial charge in [-0.2, -0.15) is 11.3 Å². The summed E-state index contributed by atoms with van der Waals surface area (Å²) in [5.41, 5.74) is 6.12. The molecule has 11 heavy (non-hydrogen) atoms. The van der Waals surface area contributed by atoms with Crippen molar-refractivity contribution >= 4 is 33.0 Å². The number of nitrogens with two attached hydrogens (primary N) is 1. The third-order valence-corrected chi connectivity index (χ3v) is 3.00. The lowest BCUT2D eigenvalue weighted by molar-refractivity contribution is 0.0967. The maximum atomic E-state index is 11.3. The third-order valence-electron chi connectivity index (χ3n) is 1.29. The van der Waals surface area contributed by atoms with Gasteiger partial charge in [-0.05, 0) is 22.9 Å². The molecule has 1 heterocycles. The highest BCUT2D eigenvalue weighted by atomic mass is 79.9. The van der Waals surface area contributed by atoms with Crippen molar-refractivity contribution in [1.82, 2.24) is 0 Å². The summed E-state index contributed by atoms with van der Waals surface area (Å²) in [6, 6.07) is -0.416. The van der Waals surface area contributed by atoms with Crippen LogP contribution in [-0.2, 0) is 0 Å². The molecule has 0 amide bonds. The Kier molecular flexibility index (Phi) is 2.81. The quantitative estimate of drug-likeness (QED) is 0.795. The number of hydrogen-bond acceptors (Lipinski definition) is 3. The van der Waals surface area contributed by atoms with E-state index in [9.17, 15) is 4.79 Å². The van der Waals surface area contributed by atoms with Gasteiger partial charge in [0.2, 0.25) is 0 Å². The van der Waals surface area contributed by atoms with Gasteiger partial charge in [0.25, 0.3) is 0 Å². The van der Waals surface area contributed by atoms with Crippen LogP contribution in [0.5, 0.6) is 0 Å². The molecule has 0 bridgehead atoms. The van der Waals surface area contributed by atoms with Crippen LogP contribution < -0.4 is 5.73 Å². The molecule has 0 aliphatic rings. The van der Waals surface area contributed by atoms with E-state index >= 15 is 0 Å². The highest BCUT2D eigenvalue weighted by Gasteiger charge is 2.14. The smallest absolute Gasteiger partial charge is 0.181 e. The van der Waals surface area contributed by atoms with E-state index in [2.05, 4.69) is 15.9 Å². The molecule has 0 radical (unpaired) electrons. The van der Waals surface area contributed by atoms with Gasteiger partial charge >= 0.3 is 0 Å². The van der Waals surface area contributed by atoms with Crippen LogP contribution in [0.3, 0.4) is 0 Å². The molecule has 1 aromatic rings. The van der Waals surface area contributed by atoms with E-state index in [1.807, 2.05) is 5.38 Å². The SMILES string of the molecule is CC(N)C(=O)c1cscc1Br. The first-order chi connectivity index (χ1) is 5.13. The van der Waals surface area contributed by atoms with Gasteiger partial charge in [0.1, 0.15) is 0 Å². The van der Waals surface area contributed by atoms with Crippen molar-refractivity contribution in [3.8, 4) is 0 Å². The summed E-state index contributed by atoms with van der Waals surface area (Å²) in [5.74, 6) is -0.0156. The van der Waals surface area contributed by atoms with E-state index in [1.54, 1.807) is 12.3 Å². The second-order valence-corrected chi connectivity index (χ2v) is 3.88. The molecule has 0 spiro atoms. The lowest BCUT2D eigenvalue weighted by atomic mass is 10.1. The maximum absolute atomic E-state index is 11.3. The van der Waals surface area contributed by atoms with E-state index in [4.69, 9.17) is 5.73 Å². The second kappa shape index (κ2) is 3.47. The topological polar surface area (TPSA) is 43.1 Å². The molecule has 0 saturated carbocycles. The Morgan fingerprint density at radius 1 is 1.73 bits per heavy atom. The number of ketones is 1. The molecule has 1 aromatic heterocycles. The van der Waals surface area contributed by atoms with Gasteiger partial charge in [-0.15, -0.1) is 0 Å². The molecule has 60 valence electrons. The van der Waals surface area contributed by atoms with Gasteiger partial charge in [-0.1, -0.05) is 0 Å². The zero-order valence-electron chi connectivity index (χ0n) is 6.00. The molecule has 0 aliphatic carbocycles. The molecule has 0 aromatic carbocycles. The average Bonchev–Trinajstić information content (AvgIpc) is 2.33. The van der Waals surface area contributed by atoms with Crippen molar-refractivity contribution < 1.29 is 4.79 Å². The molecule has 1 rings (SSSR count). The van der Waals surface area contributed by atoms with Crippen molar-refractivity contribution in [3.05, 3.63) is 20.8 Å². The van der Waals surface area contributed by atoms with Crippen molar-refractivity contribution in [2.45, 2.75) is 13.0 Å². The Balaban J connectivity index is 2.93. The maximum Gasteiger partial charge on any atom is 0.181 e. The van der Waals surface area contributed by atoms with Gasteiger partial charge in [-0.3, -0.25) is 4.79 Å². The zero-order valence-corrected chi connectivity index (χ0v) is 8.41. The van der Waals surface area contributed by atoms with E-state index in [-0.39, 0.29) is 5.78 Å². The van der Waals surface area contributed by atoms with Crippen molar-refractivity contribution in [2.75, 3.05) is 0 Å². The van der Waals surface area contributed by atoms with Crippen LogP contribution in [0.1, 0.15) is 17.3 Å². The highest BCUT2D eigenvalue weighted by molar-refractivity contribution is 9.10. The van der Waals surface area contributed by atoms with Crippen LogP contribution >= 0.6 is 27.3 Å². The van der Waals surface area contributed by atoms with Gasteiger partial charge in [0.15, 0.2) is 5.78 Å². The number of carbonyl (C=O) groups is 1. The molecule has 0 fully saturated rings. The predicted molar refractivity (Wildman–Crippen MR) is 50.0 cm³/mol. The molecule has 4 heteroatoms. The molecule has 2 N–H and O–H groups in total. The Labute approximate surface area is 77.5 Å². The van der Waals surface area contributed by atoms with Crippen LogP contribution in [0, 0.1) is 0 Å². The zero-order chi connectivity index (χ0) is 8.43. The number of thiophene rings is 1. The van der Waals surface area contributed by atoms with E-state index < -0.39 is 6.04 Å². The second-order valence-electron chi connectivity index (χ2n) is 2.29. The van der Waals surface area contributed by atoms with E-state index in [0.29, 0.717) is 5.56 Å². The van der Waals surface area contributed by atoms with Crippen LogP contribution in [0.15, 0.2) is 15.2 Å². The first kappa shape index (κ1) is 8.90. The summed E-state index contributed by atoms with van der Waals surface area (Å²) in [4.78, 5) is 11.3. The number of hydrogen-bond donors (Lipinski definition) is 1. The average molecular weight is 234 g/mol. The highest BCUT2D eigenvalue weighted by Crippen LogP contribution is 2.22. The van der Waals surface area contributed by atoms with Crippen LogP contribution in [0.2, 0.25) is 0 Å². The first-order valence-electron chi connectivity index (χ1n) is 3.14. The molecule has 0 saturated heterocycles. The Bertz CT molecular complexity index is 269. The third kappa shape index (κ3) is 1.89. The lowest BCUT2D eigenvalue weighted by Gasteiger charge is -2.01. The molecule has 0 aliphatic heterocycles. The Morgan fingerprint density at radius 2 is 2.36 bits per heavy atom. The van der Waals surface area contributed by atoms with Crippen molar-refractivity contribution in [1.29, 1.82) is 0 Å². The number of halogens is 1. The van der Waals surface area contributed by atoms with E-state index in [0.717, 1.165) is 4.47 Å². The number of rotatable bonds is 2. The fraction of sp³-hybridized carbons (Fsp3) is 0.286. The van der Waals surface area contributed by atoms with Gasteiger partial charge in [0, 0.05) is 20.8 Å². The summed E-state index contributed by atoms with van der Waals surface area (Å²) >= 11 is 4.76. The standard InChI is InChI=1S/C7H8BrNOS/c1-4(9)7(10)5-2-11-3-6(5)8/h2-4H,9H2,1H3. The minimum atomic E-state index is -0.416. The summed E-state index contributed by atoms with van der Waals surface area (Å²) in [7, 11) is 0. The van der Waals surface area contributed by atoms with E-state index in [1.165, 1.54) is 11.3 Å². The number of carbonyl (C=O) groups excluding carboxylic acids is 1. The molecular formula is C7H8BrNOS. The molecule has 1 atom stereocenters. The summed E-state index contributed by atoms with van der Waals surface area (Å²) in [5, 5.41) is 3.67.